The zero-order valence-electron chi connectivity index (χ0n) is 19.9. The molecule has 8 heteroatoms. The van der Waals surface area contributed by atoms with E-state index < -0.39 is 23.7 Å². The van der Waals surface area contributed by atoms with Gasteiger partial charge in [0.05, 0.1) is 24.3 Å². The van der Waals surface area contributed by atoms with Crippen LogP contribution >= 0.6 is 11.6 Å². The van der Waals surface area contributed by atoms with E-state index in [1.54, 1.807) is 48.5 Å². The fourth-order valence-electron chi connectivity index (χ4n) is 4.72. The molecule has 0 spiro atoms. The van der Waals surface area contributed by atoms with Crippen molar-refractivity contribution in [2.75, 3.05) is 13.7 Å². The zero-order chi connectivity index (χ0) is 26.1. The second-order valence-electron chi connectivity index (χ2n) is 8.72. The predicted molar refractivity (Wildman–Crippen MR) is 140 cm³/mol. The first-order valence-corrected chi connectivity index (χ1v) is 12.0. The minimum Gasteiger partial charge on any atom is -0.507 e. The van der Waals surface area contributed by atoms with Gasteiger partial charge < -0.3 is 19.7 Å². The normalized spacial score (nSPS) is 16.9. The van der Waals surface area contributed by atoms with Crippen molar-refractivity contribution in [1.29, 1.82) is 0 Å². The Morgan fingerprint density at radius 3 is 2.38 bits per heavy atom. The Labute approximate surface area is 217 Å². The van der Waals surface area contributed by atoms with E-state index in [-0.39, 0.29) is 17.9 Å². The molecule has 0 radical (unpaired) electrons. The van der Waals surface area contributed by atoms with Gasteiger partial charge in [-0.3, -0.25) is 9.59 Å². The molecule has 7 nitrogen and oxygen atoms in total. The number of esters is 1. The summed E-state index contributed by atoms with van der Waals surface area (Å²) >= 11 is 5.99. The number of methoxy groups -OCH3 is 1. The SMILES string of the molecule is COC(=O)c1ccc(C2C(=C(O)c3ccc(Cl)cc3)C(=O)C(=O)N2CCc2c[nH]c3ccccc23)cc1. The highest BCUT2D eigenvalue weighted by Crippen LogP contribution is 2.40. The molecule has 1 saturated heterocycles. The van der Waals surface area contributed by atoms with Gasteiger partial charge in [-0.2, -0.15) is 0 Å². The van der Waals surface area contributed by atoms with Crippen LogP contribution in [0.5, 0.6) is 0 Å². The highest BCUT2D eigenvalue weighted by molar-refractivity contribution is 6.46. The summed E-state index contributed by atoms with van der Waals surface area (Å²) in [4.78, 5) is 43.2. The number of para-hydroxylation sites is 1. The van der Waals surface area contributed by atoms with Crippen LogP contribution in [0.4, 0.5) is 0 Å². The van der Waals surface area contributed by atoms with E-state index in [1.807, 2.05) is 30.5 Å². The van der Waals surface area contributed by atoms with Crippen LogP contribution < -0.4 is 0 Å². The van der Waals surface area contributed by atoms with Crippen LogP contribution in [0.15, 0.2) is 84.6 Å². The minimum atomic E-state index is -0.840. The lowest BCUT2D eigenvalue weighted by Crippen LogP contribution is -2.31. The molecule has 0 bridgehead atoms. The number of nitrogens with one attached hydrogen (secondary N) is 1. The maximum Gasteiger partial charge on any atom is 0.337 e. The van der Waals surface area contributed by atoms with E-state index in [2.05, 4.69) is 4.98 Å². The highest BCUT2D eigenvalue weighted by Gasteiger charge is 2.45. The van der Waals surface area contributed by atoms with Gasteiger partial charge in [0.25, 0.3) is 11.7 Å². The van der Waals surface area contributed by atoms with Crippen molar-refractivity contribution in [3.63, 3.8) is 0 Å². The van der Waals surface area contributed by atoms with Crippen LogP contribution in [0.2, 0.25) is 5.02 Å². The molecule has 1 aliphatic rings. The lowest BCUT2D eigenvalue weighted by Gasteiger charge is -2.25. The summed E-state index contributed by atoms with van der Waals surface area (Å²) in [6.07, 6.45) is 2.39. The number of ether oxygens (including phenoxy) is 1. The molecule has 1 unspecified atom stereocenters. The average molecular weight is 515 g/mol. The zero-order valence-corrected chi connectivity index (χ0v) is 20.7. The number of aliphatic hydroxyl groups is 1. The molecular weight excluding hydrogens is 492 g/mol. The Morgan fingerprint density at radius 2 is 1.68 bits per heavy atom. The first-order chi connectivity index (χ1) is 17.9. The van der Waals surface area contributed by atoms with Crippen LogP contribution in [0.25, 0.3) is 16.7 Å². The molecule has 37 heavy (non-hydrogen) atoms. The van der Waals surface area contributed by atoms with E-state index in [4.69, 9.17) is 16.3 Å². The number of hydrogen-bond donors (Lipinski definition) is 2. The first kappa shape index (κ1) is 24.3. The molecule has 2 heterocycles. The third-order valence-corrected chi connectivity index (χ3v) is 6.85. The quantitative estimate of drug-likeness (QED) is 0.158. The summed E-state index contributed by atoms with van der Waals surface area (Å²) in [5.74, 6) is -2.25. The Morgan fingerprint density at radius 1 is 1.00 bits per heavy atom. The number of aliphatic hydroxyl groups excluding tert-OH is 1. The number of Topliss-reactive ketones (excluding diaryl/α,β-unsaturated/α-hetero) is 1. The summed E-state index contributed by atoms with van der Waals surface area (Å²) < 4.78 is 4.78. The number of aromatic nitrogens is 1. The van der Waals surface area contributed by atoms with E-state index in [0.717, 1.165) is 16.5 Å². The maximum absolute atomic E-state index is 13.3. The molecule has 1 aliphatic heterocycles. The lowest BCUT2D eigenvalue weighted by atomic mass is 9.94. The molecule has 1 aromatic heterocycles. The van der Waals surface area contributed by atoms with Crippen molar-refractivity contribution in [1.82, 2.24) is 9.88 Å². The van der Waals surface area contributed by atoms with Gasteiger partial charge in [-0.1, -0.05) is 41.9 Å². The van der Waals surface area contributed by atoms with Gasteiger partial charge in [-0.15, -0.1) is 0 Å². The maximum atomic E-state index is 13.3. The number of fused-ring (bicyclic) bond motifs is 1. The van der Waals surface area contributed by atoms with E-state index in [9.17, 15) is 19.5 Å². The Bertz CT molecular complexity index is 1540. The van der Waals surface area contributed by atoms with Crippen LogP contribution in [-0.4, -0.2) is 46.3 Å². The molecule has 5 rings (SSSR count). The van der Waals surface area contributed by atoms with Gasteiger partial charge in [0, 0.05) is 34.2 Å². The molecule has 1 atom stereocenters. The second-order valence-corrected chi connectivity index (χ2v) is 9.16. The molecule has 2 N–H and O–H groups in total. The monoisotopic (exact) mass is 514 g/mol. The molecule has 1 fully saturated rings. The number of carbonyl (C=O) groups excluding carboxylic acids is 3. The smallest absolute Gasteiger partial charge is 0.337 e. The largest absolute Gasteiger partial charge is 0.507 e. The predicted octanol–water partition coefficient (Wildman–Crippen LogP) is 5.27. The number of benzene rings is 3. The Balaban J connectivity index is 1.56. The van der Waals surface area contributed by atoms with Crippen molar-refractivity contribution in [2.45, 2.75) is 12.5 Å². The number of likely N-dealkylation sites (tertiary alicyclic amines) is 1. The van der Waals surface area contributed by atoms with Crippen LogP contribution in [0, 0.1) is 0 Å². The third-order valence-electron chi connectivity index (χ3n) is 6.60. The van der Waals surface area contributed by atoms with Crippen molar-refractivity contribution >= 4 is 45.9 Å². The molecule has 1 amide bonds. The third kappa shape index (κ3) is 4.49. The first-order valence-electron chi connectivity index (χ1n) is 11.7. The van der Waals surface area contributed by atoms with E-state index >= 15 is 0 Å². The lowest BCUT2D eigenvalue weighted by molar-refractivity contribution is -0.139. The fourth-order valence-corrected chi connectivity index (χ4v) is 4.85. The summed E-state index contributed by atoms with van der Waals surface area (Å²) in [6.45, 7) is 0.243. The summed E-state index contributed by atoms with van der Waals surface area (Å²) in [5, 5.41) is 12.7. The standard InChI is InChI=1S/C29H23ClN2O5/c1-37-29(36)19-8-6-17(7-9-19)25-24(26(33)18-10-12-21(30)13-11-18)27(34)28(35)32(25)15-14-20-16-31-23-5-3-2-4-22(20)23/h2-13,16,25,31,33H,14-15H2,1H3. The number of amides is 1. The fraction of sp³-hybridized carbons (Fsp3) is 0.138. The van der Waals surface area contributed by atoms with E-state index in [0.29, 0.717) is 28.1 Å². The number of carbonyl (C=O) groups is 3. The Hall–Kier alpha value is -4.36. The van der Waals surface area contributed by atoms with Crippen molar-refractivity contribution in [3.05, 3.63) is 112 Å². The van der Waals surface area contributed by atoms with E-state index in [1.165, 1.54) is 12.0 Å². The number of hydrogen-bond acceptors (Lipinski definition) is 5. The number of ketones is 1. The molecular formula is C29H23ClN2O5. The number of halogens is 1. The second kappa shape index (κ2) is 9.95. The summed E-state index contributed by atoms with van der Waals surface area (Å²) in [7, 11) is 1.29. The van der Waals surface area contributed by atoms with Gasteiger partial charge >= 0.3 is 5.97 Å². The number of nitrogens with zero attached hydrogens (tertiary/aromatic N) is 1. The molecule has 186 valence electrons. The molecule has 0 saturated carbocycles. The topological polar surface area (TPSA) is 99.7 Å². The van der Waals surface area contributed by atoms with Gasteiger partial charge in [-0.25, -0.2) is 4.79 Å². The number of aromatic amines is 1. The van der Waals surface area contributed by atoms with Crippen LogP contribution in [-0.2, 0) is 20.7 Å². The van der Waals surface area contributed by atoms with Crippen molar-refractivity contribution in [3.8, 4) is 0 Å². The van der Waals surface area contributed by atoms with Gasteiger partial charge in [0.1, 0.15) is 5.76 Å². The Kier molecular flexibility index (Phi) is 6.54. The van der Waals surface area contributed by atoms with Crippen molar-refractivity contribution in [2.24, 2.45) is 0 Å². The number of rotatable bonds is 6. The highest BCUT2D eigenvalue weighted by atomic mass is 35.5. The number of H-pyrrole nitrogens is 1. The minimum absolute atomic E-state index is 0.0166. The van der Waals surface area contributed by atoms with Gasteiger partial charge in [0.2, 0.25) is 0 Å². The summed E-state index contributed by atoms with van der Waals surface area (Å²) in [6, 6.07) is 19.9. The molecule has 3 aromatic carbocycles. The van der Waals surface area contributed by atoms with Crippen LogP contribution in [0.1, 0.15) is 33.1 Å². The summed E-state index contributed by atoms with van der Waals surface area (Å²) in [5.41, 5.74) is 3.26. The van der Waals surface area contributed by atoms with Crippen molar-refractivity contribution < 1.29 is 24.2 Å². The average Bonchev–Trinajstić information content (AvgIpc) is 3.45. The van der Waals surface area contributed by atoms with Crippen LogP contribution in [0.3, 0.4) is 0 Å². The van der Waals surface area contributed by atoms with Gasteiger partial charge in [-0.05, 0) is 60.0 Å². The molecule has 0 aliphatic carbocycles. The molecule has 4 aromatic rings. The van der Waals surface area contributed by atoms with Gasteiger partial charge in [0.15, 0.2) is 0 Å².